The number of halogens is 3. The summed E-state index contributed by atoms with van der Waals surface area (Å²) in [5.41, 5.74) is 1.24. The number of hydrogen-bond donors (Lipinski definition) is 3. The van der Waals surface area contributed by atoms with E-state index in [0.717, 1.165) is 37.0 Å². The number of pyridine rings is 1. The Hall–Kier alpha value is -2.77. The maximum atomic E-state index is 13.7. The number of aliphatic hydroxyl groups is 1. The number of ether oxygens (including phenoxy) is 1. The fourth-order valence-corrected chi connectivity index (χ4v) is 6.52. The first-order valence-electron chi connectivity index (χ1n) is 12.8. The van der Waals surface area contributed by atoms with Crippen molar-refractivity contribution in [3.63, 3.8) is 0 Å². The van der Waals surface area contributed by atoms with Gasteiger partial charge in [-0.3, -0.25) is 9.59 Å². The number of fused-ring (bicyclic) bond motifs is 2. The number of carbonyl (C=O) groups excluding carboxylic acids is 2. The normalized spacial score (nSPS) is 25.6. The van der Waals surface area contributed by atoms with Crippen LogP contribution in [0.15, 0.2) is 12.3 Å². The minimum absolute atomic E-state index is 0.0544. The first-order valence-corrected chi connectivity index (χ1v) is 13.6. The molecule has 0 saturated carbocycles. The van der Waals surface area contributed by atoms with Crippen molar-refractivity contribution in [2.45, 2.75) is 82.4 Å². The van der Waals surface area contributed by atoms with Crippen LogP contribution in [-0.4, -0.2) is 81.5 Å². The van der Waals surface area contributed by atoms with Crippen molar-refractivity contribution in [2.75, 3.05) is 18.5 Å². The number of thiazole rings is 1. The van der Waals surface area contributed by atoms with Crippen molar-refractivity contribution in [1.29, 1.82) is 0 Å². The number of amides is 2. The molecule has 0 radical (unpaired) electrons. The Morgan fingerprint density at radius 3 is 2.47 bits per heavy atom. The van der Waals surface area contributed by atoms with Crippen LogP contribution in [0.4, 0.5) is 19.0 Å². The van der Waals surface area contributed by atoms with Crippen LogP contribution in [0.5, 0.6) is 0 Å². The highest BCUT2D eigenvalue weighted by molar-refractivity contribution is 7.17. The Labute approximate surface area is 221 Å². The van der Waals surface area contributed by atoms with Gasteiger partial charge in [0.2, 0.25) is 0 Å². The molecule has 3 N–H and O–H groups in total. The van der Waals surface area contributed by atoms with E-state index in [-0.39, 0.29) is 54.1 Å². The maximum Gasteiger partial charge on any atom is 0.408 e. The summed E-state index contributed by atoms with van der Waals surface area (Å²) in [6, 6.07) is -0.536. The smallest absolute Gasteiger partial charge is 0.388 e. The quantitative estimate of drug-likeness (QED) is 0.480. The van der Waals surface area contributed by atoms with E-state index in [1.165, 1.54) is 19.2 Å². The molecule has 5 heterocycles. The van der Waals surface area contributed by atoms with E-state index in [4.69, 9.17) is 4.74 Å². The van der Waals surface area contributed by atoms with Gasteiger partial charge in [-0.2, -0.15) is 13.2 Å². The predicted molar refractivity (Wildman–Crippen MR) is 134 cm³/mol. The Balaban J connectivity index is 1.48. The Kier molecular flexibility index (Phi) is 7.35. The summed E-state index contributed by atoms with van der Waals surface area (Å²) in [6.07, 6.45) is -0.270. The first kappa shape index (κ1) is 26.8. The van der Waals surface area contributed by atoms with Gasteiger partial charge < -0.3 is 25.4 Å². The lowest BCUT2D eigenvalue weighted by Crippen LogP contribution is -2.42. The lowest BCUT2D eigenvalue weighted by molar-refractivity contribution is -0.142. The highest BCUT2D eigenvalue weighted by Crippen LogP contribution is 2.41. The molecule has 2 bridgehead atoms. The van der Waals surface area contributed by atoms with Gasteiger partial charge in [-0.25, -0.2) is 9.97 Å². The summed E-state index contributed by atoms with van der Waals surface area (Å²) in [4.78, 5) is 37.7. The zero-order valence-corrected chi connectivity index (χ0v) is 21.9. The largest absolute Gasteiger partial charge is 0.408 e. The van der Waals surface area contributed by atoms with Crippen molar-refractivity contribution in [1.82, 2.24) is 20.2 Å². The van der Waals surface area contributed by atoms with Crippen LogP contribution >= 0.6 is 11.3 Å². The van der Waals surface area contributed by atoms with Gasteiger partial charge in [-0.1, -0.05) is 6.92 Å². The molecule has 38 heavy (non-hydrogen) atoms. The zero-order chi connectivity index (χ0) is 27.2. The molecule has 3 aliphatic rings. The minimum atomic E-state index is -4.42. The second kappa shape index (κ2) is 10.4. The summed E-state index contributed by atoms with van der Waals surface area (Å²) in [6.45, 7) is 3.45. The third-order valence-corrected chi connectivity index (χ3v) is 8.65. The zero-order valence-electron chi connectivity index (χ0n) is 21.0. The lowest BCUT2D eigenvalue weighted by Gasteiger charge is -2.22. The van der Waals surface area contributed by atoms with E-state index in [2.05, 4.69) is 20.6 Å². The van der Waals surface area contributed by atoms with Crippen LogP contribution in [-0.2, 0) is 4.74 Å². The number of nitrogens with one attached hydrogen (secondary N) is 2. The van der Waals surface area contributed by atoms with Crippen molar-refractivity contribution in [3.8, 4) is 10.4 Å². The van der Waals surface area contributed by atoms with E-state index >= 15 is 0 Å². The molecule has 3 saturated heterocycles. The van der Waals surface area contributed by atoms with Crippen LogP contribution in [0.25, 0.3) is 10.4 Å². The molecule has 0 aromatic carbocycles. The molecule has 2 amide bonds. The lowest BCUT2D eigenvalue weighted by atomic mass is 10.0. The fraction of sp³-hybridized carbons (Fsp3) is 0.600. The standard InChI is InChI=1S/C25H30F3N5O4S/c1-3-18(25(26,27)28)31-19-8-12(2)15(9-29-19)21-20(24(36)33-13-4-5-14(33)7-6-13)32-23(38-21)22(35)30-16-10-37-11-17(16)34/h8-9,13-14,16-18,34H,3-7,10-11H2,1-2H3,(H,29,31)(H,30,35)/t13?,14?,16-,17-,18+/m1/s1. The molecule has 2 aromatic heterocycles. The Morgan fingerprint density at radius 1 is 1.24 bits per heavy atom. The summed E-state index contributed by atoms with van der Waals surface area (Å²) < 4.78 is 45.0. The van der Waals surface area contributed by atoms with Crippen molar-refractivity contribution < 1.29 is 32.6 Å². The summed E-state index contributed by atoms with van der Waals surface area (Å²) >= 11 is 1.02. The van der Waals surface area contributed by atoms with Gasteiger partial charge in [0, 0.05) is 23.8 Å². The number of nitrogens with zero attached hydrogens (tertiary/aromatic N) is 3. The highest BCUT2D eigenvalue weighted by Gasteiger charge is 2.44. The summed E-state index contributed by atoms with van der Waals surface area (Å²) in [5, 5.41) is 15.2. The van der Waals surface area contributed by atoms with Gasteiger partial charge >= 0.3 is 6.18 Å². The monoisotopic (exact) mass is 553 g/mol. The predicted octanol–water partition coefficient (Wildman–Crippen LogP) is 3.52. The second-order valence-electron chi connectivity index (χ2n) is 10.1. The SMILES string of the molecule is CC[C@H](Nc1cc(C)c(-c2sc(C(=O)N[C@@H]3COC[C@H]3O)nc2C(=O)N2C3CCC2CC3)cn1)C(F)(F)F. The molecule has 9 nitrogen and oxygen atoms in total. The molecule has 2 aromatic rings. The number of aromatic nitrogens is 2. The maximum absolute atomic E-state index is 13.7. The van der Waals surface area contributed by atoms with E-state index in [1.54, 1.807) is 6.92 Å². The van der Waals surface area contributed by atoms with E-state index < -0.39 is 30.3 Å². The molecule has 0 unspecified atom stereocenters. The molecule has 3 atom stereocenters. The number of aliphatic hydroxyl groups excluding tert-OH is 1. The minimum Gasteiger partial charge on any atom is -0.388 e. The van der Waals surface area contributed by atoms with Gasteiger partial charge in [0.25, 0.3) is 11.8 Å². The number of anilines is 1. The van der Waals surface area contributed by atoms with Crippen LogP contribution in [0, 0.1) is 6.92 Å². The van der Waals surface area contributed by atoms with E-state index in [1.807, 2.05) is 4.90 Å². The third kappa shape index (κ3) is 5.10. The number of aryl methyl sites for hydroxylation is 1. The van der Waals surface area contributed by atoms with Crippen LogP contribution < -0.4 is 10.6 Å². The fourth-order valence-electron chi connectivity index (χ4n) is 5.49. The number of alkyl halides is 3. The van der Waals surface area contributed by atoms with Crippen molar-refractivity contribution >= 4 is 29.0 Å². The first-order chi connectivity index (χ1) is 18.1. The van der Waals surface area contributed by atoms with Gasteiger partial charge in [-0.05, 0) is 50.7 Å². The summed E-state index contributed by atoms with van der Waals surface area (Å²) in [5.74, 6) is -0.720. The highest BCUT2D eigenvalue weighted by atomic mass is 32.1. The van der Waals surface area contributed by atoms with E-state index in [0.29, 0.717) is 16.0 Å². The van der Waals surface area contributed by atoms with Gasteiger partial charge in [0.1, 0.15) is 17.6 Å². The van der Waals surface area contributed by atoms with Crippen molar-refractivity contribution in [2.24, 2.45) is 0 Å². The topological polar surface area (TPSA) is 117 Å². The van der Waals surface area contributed by atoms with Crippen molar-refractivity contribution in [3.05, 3.63) is 28.5 Å². The molecule has 0 spiro atoms. The van der Waals surface area contributed by atoms with Gasteiger partial charge in [0.05, 0.1) is 30.2 Å². The molecule has 3 fully saturated rings. The van der Waals surface area contributed by atoms with Gasteiger partial charge in [-0.15, -0.1) is 11.3 Å². The number of carbonyl (C=O) groups is 2. The molecule has 0 aliphatic carbocycles. The van der Waals surface area contributed by atoms with Crippen LogP contribution in [0.3, 0.4) is 0 Å². The molecule has 3 aliphatic heterocycles. The second-order valence-corrected chi connectivity index (χ2v) is 11.1. The number of hydrogen-bond acceptors (Lipinski definition) is 8. The average molecular weight is 554 g/mol. The number of rotatable bonds is 7. The summed E-state index contributed by atoms with van der Waals surface area (Å²) in [7, 11) is 0. The van der Waals surface area contributed by atoms with E-state index in [9.17, 15) is 27.9 Å². The third-order valence-electron chi connectivity index (χ3n) is 7.56. The molecule has 206 valence electrons. The van der Waals surface area contributed by atoms with Crippen LogP contribution in [0.2, 0.25) is 0 Å². The van der Waals surface area contributed by atoms with Crippen LogP contribution in [0.1, 0.15) is 64.9 Å². The molecular formula is C25H30F3N5O4S. The Bertz CT molecular complexity index is 1200. The average Bonchev–Trinajstić information content (AvgIpc) is 3.66. The molecule has 13 heteroatoms. The van der Waals surface area contributed by atoms with Gasteiger partial charge in [0.15, 0.2) is 5.01 Å². The molecular weight excluding hydrogens is 523 g/mol. The Morgan fingerprint density at radius 2 is 1.92 bits per heavy atom. The molecule has 5 rings (SSSR count).